The van der Waals surface area contributed by atoms with E-state index in [1.54, 1.807) is 0 Å². The Bertz CT molecular complexity index is 1330. The third-order valence-electron chi connectivity index (χ3n) is 5.84. The van der Waals surface area contributed by atoms with Crippen molar-refractivity contribution in [3.8, 4) is 5.75 Å². The van der Waals surface area contributed by atoms with E-state index < -0.39 is 0 Å². The van der Waals surface area contributed by atoms with E-state index >= 15 is 0 Å². The summed E-state index contributed by atoms with van der Waals surface area (Å²) in [6.07, 6.45) is 2.92. The van der Waals surface area contributed by atoms with Gasteiger partial charge in [0.25, 0.3) is 5.91 Å². The third kappa shape index (κ3) is 5.10. The van der Waals surface area contributed by atoms with Crippen LogP contribution in [0, 0.1) is 0 Å². The first-order valence-electron chi connectivity index (χ1n) is 11.4. The molecule has 1 amide bonds. The normalized spacial score (nSPS) is 16.6. The van der Waals surface area contributed by atoms with Crippen molar-refractivity contribution in [2.75, 3.05) is 5.32 Å². The molecule has 4 aromatic carbocycles. The number of amides is 1. The number of ether oxygens (including phenoxy) is 1. The second-order valence-corrected chi connectivity index (χ2v) is 9.32. The van der Waals surface area contributed by atoms with Gasteiger partial charge in [0, 0.05) is 5.69 Å². The summed E-state index contributed by atoms with van der Waals surface area (Å²) >= 11 is 1.49. The fourth-order valence-corrected chi connectivity index (χ4v) is 4.93. The molecule has 0 radical (unpaired) electrons. The van der Waals surface area contributed by atoms with Crippen molar-refractivity contribution >= 4 is 40.2 Å². The van der Waals surface area contributed by atoms with E-state index in [0.717, 1.165) is 29.0 Å². The van der Waals surface area contributed by atoms with Crippen LogP contribution in [0.15, 0.2) is 95.9 Å². The average Bonchev–Trinajstić information content (AvgIpc) is 3.22. The van der Waals surface area contributed by atoms with Gasteiger partial charge in [-0.3, -0.25) is 4.79 Å². The molecule has 1 heterocycles. The van der Waals surface area contributed by atoms with Crippen LogP contribution in [0.2, 0.25) is 0 Å². The van der Waals surface area contributed by atoms with Gasteiger partial charge < -0.3 is 15.4 Å². The number of carbonyl (C=O) groups excluding carboxylic acids is 1. The van der Waals surface area contributed by atoms with E-state index in [-0.39, 0.29) is 11.4 Å². The Morgan fingerprint density at radius 2 is 1.71 bits per heavy atom. The fourth-order valence-electron chi connectivity index (χ4n) is 3.94. The van der Waals surface area contributed by atoms with Crippen molar-refractivity contribution in [2.45, 2.75) is 25.4 Å². The van der Waals surface area contributed by atoms with Crippen molar-refractivity contribution < 1.29 is 9.53 Å². The van der Waals surface area contributed by atoms with Gasteiger partial charge in [-0.1, -0.05) is 85.4 Å². The predicted octanol–water partition coefficient (Wildman–Crippen LogP) is 6.58. The Balaban J connectivity index is 1.21. The first kappa shape index (κ1) is 22.1. The minimum absolute atomic E-state index is 0.0658. The number of anilines is 1. The van der Waals surface area contributed by atoms with E-state index in [1.807, 2.05) is 54.6 Å². The van der Waals surface area contributed by atoms with Gasteiger partial charge in [0.2, 0.25) is 0 Å². The van der Waals surface area contributed by atoms with Crippen LogP contribution in [0.5, 0.6) is 5.75 Å². The Morgan fingerprint density at radius 3 is 2.50 bits per heavy atom. The van der Waals surface area contributed by atoms with Gasteiger partial charge in [0.05, 0.1) is 4.91 Å². The number of thioether (sulfide) groups is 1. The highest BCUT2D eigenvalue weighted by molar-refractivity contribution is 8.05. The number of carbonyl (C=O) groups is 1. The van der Waals surface area contributed by atoms with E-state index in [0.29, 0.717) is 11.5 Å². The van der Waals surface area contributed by atoms with Crippen LogP contribution in [0.1, 0.15) is 23.6 Å². The van der Waals surface area contributed by atoms with Crippen molar-refractivity contribution in [3.63, 3.8) is 0 Å². The van der Waals surface area contributed by atoms with E-state index in [4.69, 9.17) is 4.74 Å². The van der Waals surface area contributed by atoms with Gasteiger partial charge in [-0.15, -0.1) is 0 Å². The molecule has 34 heavy (non-hydrogen) atoms. The number of benzene rings is 4. The maximum atomic E-state index is 12.4. The molecule has 5 heteroatoms. The Labute approximate surface area is 204 Å². The molecule has 0 aliphatic carbocycles. The van der Waals surface area contributed by atoms with Gasteiger partial charge in [0.15, 0.2) is 5.50 Å². The summed E-state index contributed by atoms with van der Waals surface area (Å²) in [6.45, 7) is 2.64. The average molecular weight is 467 g/mol. The number of hydrogen-bond acceptors (Lipinski definition) is 4. The molecule has 1 fully saturated rings. The number of aryl methyl sites for hydroxylation is 1. The van der Waals surface area contributed by atoms with Crippen LogP contribution in [0.3, 0.4) is 0 Å². The first-order chi connectivity index (χ1) is 16.7. The van der Waals surface area contributed by atoms with Crippen LogP contribution in [0.4, 0.5) is 5.69 Å². The lowest BCUT2D eigenvalue weighted by Crippen LogP contribution is -2.30. The van der Waals surface area contributed by atoms with Crippen LogP contribution in [-0.4, -0.2) is 11.4 Å². The second kappa shape index (κ2) is 10.1. The largest absolute Gasteiger partial charge is 0.489 e. The zero-order chi connectivity index (χ0) is 23.3. The van der Waals surface area contributed by atoms with Crippen LogP contribution in [0.25, 0.3) is 16.8 Å². The fraction of sp³-hybridized carbons (Fsp3) is 0.138. The van der Waals surface area contributed by atoms with E-state index in [2.05, 4.69) is 60.0 Å². The lowest BCUT2D eigenvalue weighted by molar-refractivity contribution is -0.116. The van der Waals surface area contributed by atoms with Gasteiger partial charge in [-0.05, 0) is 64.2 Å². The van der Waals surface area contributed by atoms with Crippen LogP contribution in [-0.2, 0) is 17.8 Å². The monoisotopic (exact) mass is 466 g/mol. The Hall–Kier alpha value is -3.70. The predicted molar refractivity (Wildman–Crippen MR) is 142 cm³/mol. The number of fused-ring (bicyclic) bond motifs is 1. The number of nitrogens with one attached hydrogen (secondary N) is 2. The minimum atomic E-state index is -0.186. The molecule has 2 N–H and O–H groups in total. The summed E-state index contributed by atoms with van der Waals surface area (Å²) in [6, 6.07) is 30.7. The lowest BCUT2D eigenvalue weighted by Gasteiger charge is -2.12. The first-order valence-corrected chi connectivity index (χ1v) is 12.3. The van der Waals surface area contributed by atoms with Crippen molar-refractivity contribution in [2.24, 2.45) is 0 Å². The Morgan fingerprint density at radius 1 is 0.941 bits per heavy atom. The molecule has 0 bridgehead atoms. The standard InChI is InChI=1S/C29H26N2O2S/c1-2-20-10-14-24(15-11-20)30-29-31-28(32)27(34-29)18-21-12-16-25(17-13-21)33-19-23-8-5-7-22-6-3-4-9-26(22)23/h3-18,29-30H,2,19H2,1H3,(H,31,32)/b27-18-/t29-/m0/s1. The molecule has 0 saturated carbocycles. The van der Waals surface area contributed by atoms with Crippen LogP contribution < -0.4 is 15.4 Å². The van der Waals surface area contributed by atoms with Crippen molar-refractivity contribution in [3.05, 3.63) is 113 Å². The maximum Gasteiger partial charge on any atom is 0.260 e. The molecule has 1 aliphatic heterocycles. The highest BCUT2D eigenvalue weighted by Gasteiger charge is 2.27. The molecular weight excluding hydrogens is 440 g/mol. The Kier molecular flexibility index (Phi) is 6.54. The molecule has 5 rings (SSSR count). The molecule has 1 atom stereocenters. The molecule has 0 unspecified atom stereocenters. The SMILES string of the molecule is CCc1ccc(N[C@H]2NC(=O)/C(=C/c3ccc(OCc4cccc5ccccc45)cc3)S2)cc1. The molecular formula is C29H26N2O2S. The summed E-state index contributed by atoms with van der Waals surface area (Å²) in [5.41, 5.74) is 4.21. The van der Waals surface area contributed by atoms with E-state index in [9.17, 15) is 4.79 Å². The molecule has 0 aromatic heterocycles. The summed E-state index contributed by atoms with van der Waals surface area (Å²) in [5.74, 6) is 0.734. The van der Waals surface area contributed by atoms with Gasteiger partial charge in [-0.25, -0.2) is 0 Å². The van der Waals surface area contributed by atoms with Gasteiger partial charge >= 0.3 is 0 Å². The second-order valence-electron chi connectivity index (χ2n) is 8.17. The van der Waals surface area contributed by atoms with Crippen molar-refractivity contribution in [1.82, 2.24) is 5.32 Å². The summed E-state index contributed by atoms with van der Waals surface area (Å²) in [7, 11) is 0. The molecule has 0 spiro atoms. The highest BCUT2D eigenvalue weighted by atomic mass is 32.2. The van der Waals surface area contributed by atoms with E-state index in [1.165, 1.54) is 28.1 Å². The summed E-state index contributed by atoms with van der Waals surface area (Å²) in [4.78, 5) is 13.1. The summed E-state index contributed by atoms with van der Waals surface area (Å²) in [5, 5.41) is 8.77. The zero-order valence-electron chi connectivity index (χ0n) is 19.0. The number of hydrogen-bond donors (Lipinski definition) is 2. The molecule has 1 aliphatic rings. The maximum absolute atomic E-state index is 12.4. The number of rotatable bonds is 7. The topological polar surface area (TPSA) is 50.4 Å². The van der Waals surface area contributed by atoms with Gasteiger partial charge in [0.1, 0.15) is 12.4 Å². The van der Waals surface area contributed by atoms with Crippen LogP contribution >= 0.6 is 11.8 Å². The smallest absolute Gasteiger partial charge is 0.260 e. The minimum Gasteiger partial charge on any atom is -0.489 e. The molecule has 4 aromatic rings. The zero-order valence-corrected chi connectivity index (χ0v) is 19.8. The van der Waals surface area contributed by atoms with Gasteiger partial charge in [-0.2, -0.15) is 0 Å². The molecule has 1 saturated heterocycles. The van der Waals surface area contributed by atoms with Crippen molar-refractivity contribution in [1.29, 1.82) is 0 Å². The molecule has 170 valence electrons. The third-order valence-corrected chi connectivity index (χ3v) is 6.87. The quantitative estimate of drug-likeness (QED) is 0.302. The molecule has 4 nitrogen and oxygen atoms in total. The summed E-state index contributed by atoms with van der Waals surface area (Å²) < 4.78 is 6.03. The highest BCUT2D eigenvalue weighted by Crippen LogP contribution is 2.30. The lowest BCUT2D eigenvalue weighted by atomic mass is 10.1.